The van der Waals surface area contributed by atoms with Crippen LogP contribution in [-0.2, 0) is 0 Å². The van der Waals surface area contributed by atoms with Crippen LogP contribution in [0.15, 0.2) is 30.3 Å². The van der Waals surface area contributed by atoms with Crippen molar-refractivity contribution in [2.45, 2.75) is 27.2 Å². The molecule has 0 aliphatic heterocycles. The first-order valence-corrected chi connectivity index (χ1v) is 4.68. The van der Waals surface area contributed by atoms with Crippen LogP contribution >= 0.6 is 0 Å². The molecule has 70 valence electrons. The summed E-state index contributed by atoms with van der Waals surface area (Å²) in [6, 6.07) is 9.48. The monoisotopic (exact) mass is 176 g/mol. The number of hydrogen-bond acceptors (Lipinski definition) is 1. The quantitative estimate of drug-likeness (QED) is 0.646. The van der Waals surface area contributed by atoms with Crippen molar-refractivity contribution in [3.63, 3.8) is 0 Å². The highest BCUT2D eigenvalue weighted by atomic mass is 16.1. The van der Waals surface area contributed by atoms with Gasteiger partial charge in [-0.2, -0.15) is 0 Å². The molecule has 0 N–H and O–H groups in total. The highest BCUT2D eigenvalue weighted by Gasteiger charge is 2.25. The van der Waals surface area contributed by atoms with Crippen LogP contribution in [0.2, 0.25) is 0 Å². The highest BCUT2D eigenvalue weighted by Crippen LogP contribution is 2.25. The van der Waals surface area contributed by atoms with Crippen LogP contribution in [0, 0.1) is 5.41 Å². The molecule has 1 aromatic rings. The third-order valence-electron chi connectivity index (χ3n) is 2.53. The summed E-state index contributed by atoms with van der Waals surface area (Å²) in [6.07, 6.45) is 0.876. The van der Waals surface area contributed by atoms with E-state index in [1.165, 1.54) is 0 Å². The third-order valence-corrected chi connectivity index (χ3v) is 2.53. The van der Waals surface area contributed by atoms with E-state index in [1.807, 2.05) is 51.1 Å². The number of carbonyl (C=O) groups excluding carboxylic acids is 1. The average Bonchev–Trinajstić information content (AvgIpc) is 2.18. The van der Waals surface area contributed by atoms with Crippen LogP contribution in [0.5, 0.6) is 0 Å². The number of hydrogen-bond donors (Lipinski definition) is 0. The molecule has 0 atom stereocenters. The summed E-state index contributed by atoms with van der Waals surface area (Å²) in [6.45, 7) is 6.02. The lowest BCUT2D eigenvalue weighted by atomic mass is 9.82. The fourth-order valence-electron chi connectivity index (χ4n) is 1.14. The molecule has 0 aliphatic rings. The molecule has 0 heterocycles. The summed E-state index contributed by atoms with van der Waals surface area (Å²) in [5.41, 5.74) is 0.579. The zero-order valence-corrected chi connectivity index (χ0v) is 8.50. The van der Waals surface area contributed by atoms with E-state index >= 15 is 0 Å². The third kappa shape index (κ3) is 2.18. The van der Waals surface area contributed by atoms with Gasteiger partial charge in [0.25, 0.3) is 0 Å². The molecule has 0 aromatic heterocycles. The van der Waals surface area contributed by atoms with Gasteiger partial charge in [-0.25, -0.2) is 0 Å². The summed E-state index contributed by atoms with van der Waals surface area (Å²) >= 11 is 0. The van der Waals surface area contributed by atoms with Crippen LogP contribution in [-0.4, -0.2) is 5.78 Å². The van der Waals surface area contributed by atoms with Crippen LogP contribution in [0.1, 0.15) is 37.6 Å². The molecule has 1 aromatic carbocycles. The maximum absolute atomic E-state index is 11.9. The summed E-state index contributed by atoms with van der Waals surface area (Å²) in [5.74, 6) is 0.232. The Balaban J connectivity index is 2.93. The number of carbonyl (C=O) groups is 1. The largest absolute Gasteiger partial charge is 0.294 e. The Hall–Kier alpha value is -1.11. The Kier molecular flexibility index (Phi) is 2.86. The van der Waals surface area contributed by atoms with Gasteiger partial charge in [-0.05, 0) is 6.42 Å². The van der Waals surface area contributed by atoms with Gasteiger partial charge in [0.2, 0.25) is 0 Å². The molecular weight excluding hydrogens is 160 g/mol. The summed E-state index contributed by atoms with van der Waals surface area (Å²) in [4.78, 5) is 11.9. The van der Waals surface area contributed by atoms with Gasteiger partial charge in [-0.3, -0.25) is 4.79 Å². The van der Waals surface area contributed by atoms with Gasteiger partial charge >= 0.3 is 0 Å². The fourth-order valence-corrected chi connectivity index (χ4v) is 1.14. The van der Waals surface area contributed by atoms with Crippen molar-refractivity contribution in [1.29, 1.82) is 0 Å². The van der Waals surface area contributed by atoms with Gasteiger partial charge in [-0.1, -0.05) is 51.1 Å². The van der Waals surface area contributed by atoms with Crippen molar-refractivity contribution in [3.8, 4) is 0 Å². The maximum Gasteiger partial charge on any atom is 0.168 e. The van der Waals surface area contributed by atoms with Gasteiger partial charge in [0.1, 0.15) is 0 Å². The van der Waals surface area contributed by atoms with E-state index in [-0.39, 0.29) is 11.2 Å². The standard InChI is InChI=1S/C12H16O/c1-4-12(2,3)11(13)10-8-6-5-7-9-10/h5-9H,4H2,1-3H3. The zero-order valence-electron chi connectivity index (χ0n) is 8.50. The van der Waals surface area contributed by atoms with Crippen LogP contribution in [0.25, 0.3) is 0 Å². The van der Waals surface area contributed by atoms with Crippen LogP contribution in [0.4, 0.5) is 0 Å². The van der Waals surface area contributed by atoms with E-state index in [1.54, 1.807) is 0 Å². The SMILES string of the molecule is CCC(C)(C)C(=O)c1ccccc1. The first-order valence-electron chi connectivity index (χ1n) is 4.68. The van der Waals surface area contributed by atoms with E-state index in [4.69, 9.17) is 0 Å². The van der Waals surface area contributed by atoms with E-state index in [2.05, 4.69) is 0 Å². The Labute approximate surface area is 79.8 Å². The van der Waals surface area contributed by atoms with Gasteiger partial charge in [0, 0.05) is 11.0 Å². The van der Waals surface area contributed by atoms with Gasteiger partial charge in [0.05, 0.1) is 0 Å². The molecule has 0 unspecified atom stereocenters. The first kappa shape index (κ1) is 9.97. The predicted molar refractivity (Wildman–Crippen MR) is 54.8 cm³/mol. The Morgan fingerprint density at radius 2 is 1.77 bits per heavy atom. The predicted octanol–water partition coefficient (Wildman–Crippen LogP) is 3.31. The molecule has 0 fully saturated rings. The van der Waals surface area contributed by atoms with E-state index in [9.17, 15) is 4.79 Å². The molecule has 0 saturated heterocycles. The minimum Gasteiger partial charge on any atom is -0.294 e. The summed E-state index contributed by atoms with van der Waals surface area (Å²) in [7, 11) is 0. The lowest BCUT2D eigenvalue weighted by molar-refractivity contribution is 0.0833. The van der Waals surface area contributed by atoms with Gasteiger partial charge < -0.3 is 0 Å². The summed E-state index contributed by atoms with van der Waals surface area (Å²) < 4.78 is 0. The molecular formula is C12H16O. The second kappa shape index (κ2) is 3.73. The molecule has 0 spiro atoms. The van der Waals surface area contributed by atoms with Crippen LogP contribution < -0.4 is 0 Å². The van der Waals surface area contributed by atoms with Crippen molar-refractivity contribution in [3.05, 3.63) is 35.9 Å². The second-order valence-electron chi connectivity index (χ2n) is 3.93. The van der Waals surface area contributed by atoms with Gasteiger partial charge in [0.15, 0.2) is 5.78 Å². The smallest absolute Gasteiger partial charge is 0.168 e. The molecule has 1 rings (SSSR count). The molecule has 1 nitrogen and oxygen atoms in total. The molecule has 0 bridgehead atoms. The lowest BCUT2D eigenvalue weighted by Gasteiger charge is -2.20. The van der Waals surface area contributed by atoms with E-state index < -0.39 is 0 Å². The normalized spacial score (nSPS) is 11.3. The van der Waals surface area contributed by atoms with Crippen molar-refractivity contribution in [2.24, 2.45) is 5.41 Å². The van der Waals surface area contributed by atoms with Crippen molar-refractivity contribution >= 4 is 5.78 Å². The number of Topliss-reactive ketones (excluding diaryl/α,β-unsaturated/α-hetero) is 1. The number of rotatable bonds is 3. The van der Waals surface area contributed by atoms with Crippen molar-refractivity contribution in [1.82, 2.24) is 0 Å². The van der Waals surface area contributed by atoms with E-state index in [0.29, 0.717) is 0 Å². The van der Waals surface area contributed by atoms with Crippen molar-refractivity contribution in [2.75, 3.05) is 0 Å². The van der Waals surface area contributed by atoms with E-state index in [0.717, 1.165) is 12.0 Å². The number of benzene rings is 1. The average molecular weight is 176 g/mol. The second-order valence-corrected chi connectivity index (χ2v) is 3.93. The highest BCUT2D eigenvalue weighted by molar-refractivity contribution is 5.99. The maximum atomic E-state index is 11.9. The number of ketones is 1. The first-order chi connectivity index (χ1) is 6.08. The molecule has 0 aliphatic carbocycles. The topological polar surface area (TPSA) is 17.1 Å². The lowest BCUT2D eigenvalue weighted by Crippen LogP contribution is -2.23. The molecule has 0 amide bonds. The minimum absolute atomic E-state index is 0.232. The Bertz CT molecular complexity index is 285. The molecule has 13 heavy (non-hydrogen) atoms. The van der Waals surface area contributed by atoms with Crippen LogP contribution in [0.3, 0.4) is 0 Å². The van der Waals surface area contributed by atoms with Crippen molar-refractivity contribution < 1.29 is 4.79 Å². The zero-order chi connectivity index (χ0) is 9.90. The Morgan fingerprint density at radius 3 is 2.23 bits per heavy atom. The fraction of sp³-hybridized carbons (Fsp3) is 0.417. The molecule has 1 heteroatoms. The Morgan fingerprint density at radius 1 is 1.23 bits per heavy atom. The summed E-state index contributed by atoms with van der Waals surface area (Å²) in [5, 5.41) is 0. The van der Waals surface area contributed by atoms with Gasteiger partial charge in [-0.15, -0.1) is 0 Å². The minimum atomic E-state index is -0.235. The molecule has 0 saturated carbocycles. The molecule has 0 radical (unpaired) electrons.